The molecule has 0 heterocycles. The molecule has 13 heavy (non-hydrogen) atoms. The number of carbonyl (C=O) groups excluding carboxylic acids is 1. The first-order valence-corrected chi connectivity index (χ1v) is 5.12. The lowest BCUT2D eigenvalue weighted by atomic mass is 10.2. The number of carbonyl (C=O) groups is 1. The van der Waals surface area contributed by atoms with Crippen LogP contribution in [0, 0.1) is 3.57 Å². The molecule has 0 saturated heterocycles. The summed E-state index contributed by atoms with van der Waals surface area (Å²) < 4.78 is 6.49. The van der Waals surface area contributed by atoms with Gasteiger partial charge >= 0.3 is 0 Å². The van der Waals surface area contributed by atoms with Crippen LogP contribution in [0.4, 0.5) is 0 Å². The lowest BCUT2D eigenvalue weighted by Crippen LogP contribution is -2.07. The minimum absolute atomic E-state index is 0.0961. The SMILES string of the molecule is CC(C)Oc1ccc(I)cc1C=O. The molecule has 0 aliphatic carbocycles. The van der Waals surface area contributed by atoms with Gasteiger partial charge in [0.25, 0.3) is 0 Å². The maximum atomic E-state index is 10.7. The Kier molecular flexibility index (Phi) is 3.71. The lowest BCUT2D eigenvalue weighted by Gasteiger charge is -2.11. The molecule has 1 aromatic rings. The van der Waals surface area contributed by atoms with Crippen molar-refractivity contribution in [1.82, 2.24) is 0 Å². The standard InChI is InChI=1S/C10H11IO2/c1-7(2)13-10-4-3-9(11)5-8(10)6-12/h3-7H,1-2H3. The summed E-state index contributed by atoms with van der Waals surface area (Å²) in [5.41, 5.74) is 0.612. The van der Waals surface area contributed by atoms with Crippen LogP contribution in [0.15, 0.2) is 18.2 Å². The summed E-state index contributed by atoms with van der Waals surface area (Å²) in [6.07, 6.45) is 0.915. The molecule has 0 bridgehead atoms. The highest BCUT2D eigenvalue weighted by molar-refractivity contribution is 14.1. The van der Waals surface area contributed by atoms with Crippen LogP contribution < -0.4 is 4.74 Å². The van der Waals surface area contributed by atoms with E-state index in [1.807, 2.05) is 32.0 Å². The number of benzene rings is 1. The zero-order valence-corrected chi connectivity index (χ0v) is 9.74. The van der Waals surface area contributed by atoms with Gasteiger partial charge in [-0.05, 0) is 54.6 Å². The number of aldehydes is 1. The summed E-state index contributed by atoms with van der Waals surface area (Å²) >= 11 is 2.16. The molecule has 1 rings (SSSR count). The van der Waals surface area contributed by atoms with Crippen LogP contribution in [0.5, 0.6) is 5.75 Å². The predicted octanol–water partition coefficient (Wildman–Crippen LogP) is 2.89. The van der Waals surface area contributed by atoms with Crippen molar-refractivity contribution in [3.05, 3.63) is 27.3 Å². The largest absolute Gasteiger partial charge is 0.490 e. The van der Waals surface area contributed by atoms with Crippen LogP contribution in [-0.2, 0) is 0 Å². The highest BCUT2D eigenvalue weighted by atomic mass is 127. The Morgan fingerprint density at radius 1 is 1.46 bits per heavy atom. The average Bonchev–Trinajstić information content (AvgIpc) is 2.07. The van der Waals surface area contributed by atoms with Crippen LogP contribution in [0.25, 0.3) is 0 Å². The molecule has 0 aliphatic rings. The lowest BCUT2D eigenvalue weighted by molar-refractivity contribution is 0.111. The number of hydrogen-bond acceptors (Lipinski definition) is 2. The molecular formula is C10H11IO2. The molecule has 0 aliphatic heterocycles. The van der Waals surface area contributed by atoms with Crippen molar-refractivity contribution < 1.29 is 9.53 Å². The number of hydrogen-bond donors (Lipinski definition) is 0. The van der Waals surface area contributed by atoms with Gasteiger partial charge in [0.15, 0.2) is 6.29 Å². The second kappa shape index (κ2) is 4.60. The topological polar surface area (TPSA) is 26.3 Å². The monoisotopic (exact) mass is 290 g/mol. The summed E-state index contributed by atoms with van der Waals surface area (Å²) in [5.74, 6) is 0.658. The van der Waals surface area contributed by atoms with E-state index in [1.165, 1.54) is 0 Å². The summed E-state index contributed by atoms with van der Waals surface area (Å²) in [7, 11) is 0. The zero-order valence-electron chi connectivity index (χ0n) is 7.58. The van der Waals surface area contributed by atoms with Crippen LogP contribution in [0.2, 0.25) is 0 Å². The molecule has 0 fully saturated rings. The van der Waals surface area contributed by atoms with Gasteiger partial charge in [0.1, 0.15) is 5.75 Å². The fraction of sp³-hybridized carbons (Fsp3) is 0.300. The number of ether oxygens (including phenoxy) is 1. The van der Waals surface area contributed by atoms with E-state index in [4.69, 9.17) is 4.74 Å². The minimum atomic E-state index is 0.0961. The third-order valence-electron chi connectivity index (χ3n) is 1.46. The number of halogens is 1. The Hall–Kier alpha value is -0.580. The molecule has 0 aromatic heterocycles. The van der Waals surface area contributed by atoms with Gasteiger partial charge in [0.2, 0.25) is 0 Å². The first kappa shape index (κ1) is 10.5. The fourth-order valence-corrected chi connectivity index (χ4v) is 1.49. The van der Waals surface area contributed by atoms with Crippen molar-refractivity contribution in [1.29, 1.82) is 0 Å². The Bertz CT molecular complexity index is 308. The van der Waals surface area contributed by atoms with Gasteiger partial charge in [-0.3, -0.25) is 4.79 Å². The van der Waals surface area contributed by atoms with E-state index < -0.39 is 0 Å². The normalized spacial score (nSPS) is 10.2. The Balaban J connectivity index is 2.99. The summed E-state index contributed by atoms with van der Waals surface area (Å²) in [6.45, 7) is 3.87. The molecule has 1 aromatic carbocycles. The zero-order chi connectivity index (χ0) is 9.84. The first-order chi connectivity index (χ1) is 6.13. The van der Waals surface area contributed by atoms with Gasteiger partial charge in [0, 0.05) is 3.57 Å². The molecule has 0 atom stereocenters. The van der Waals surface area contributed by atoms with E-state index in [9.17, 15) is 4.79 Å². The summed E-state index contributed by atoms with van der Waals surface area (Å²) in [5, 5.41) is 0. The van der Waals surface area contributed by atoms with E-state index in [-0.39, 0.29) is 6.10 Å². The van der Waals surface area contributed by atoms with Crippen molar-refractivity contribution in [2.24, 2.45) is 0 Å². The molecule has 0 spiro atoms. The maximum Gasteiger partial charge on any atom is 0.153 e. The van der Waals surface area contributed by atoms with Gasteiger partial charge in [-0.1, -0.05) is 0 Å². The van der Waals surface area contributed by atoms with Gasteiger partial charge in [-0.2, -0.15) is 0 Å². The minimum Gasteiger partial charge on any atom is -0.490 e. The molecule has 0 amide bonds. The van der Waals surface area contributed by atoms with Crippen molar-refractivity contribution >= 4 is 28.9 Å². The maximum absolute atomic E-state index is 10.7. The first-order valence-electron chi connectivity index (χ1n) is 4.05. The van der Waals surface area contributed by atoms with Crippen LogP contribution in [-0.4, -0.2) is 12.4 Å². The molecule has 0 unspecified atom stereocenters. The van der Waals surface area contributed by atoms with Gasteiger partial charge in [-0.15, -0.1) is 0 Å². The molecule has 2 nitrogen and oxygen atoms in total. The molecule has 0 saturated carbocycles. The quantitative estimate of drug-likeness (QED) is 0.632. The third-order valence-corrected chi connectivity index (χ3v) is 2.13. The van der Waals surface area contributed by atoms with Crippen LogP contribution in [0.1, 0.15) is 24.2 Å². The Morgan fingerprint density at radius 2 is 2.15 bits per heavy atom. The van der Waals surface area contributed by atoms with E-state index in [0.29, 0.717) is 11.3 Å². The fourth-order valence-electron chi connectivity index (χ4n) is 0.973. The van der Waals surface area contributed by atoms with E-state index in [2.05, 4.69) is 22.6 Å². The highest BCUT2D eigenvalue weighted by Crippen LogP contribution is 2.20. The van der Waals surface area contributed by atoms with E-state index in [1.54, 1.807) is 0 Å². The van der Waals surface area contributed by atoms with E-state index >= 15 is 0 Å². The molecule has 0 N–H and O–H groups in total. The highest BCUT2D eigenvalue weighted by Gasteiger charge is 2.04. The van der Waals surface area contributed by atoms with Crippen molar-refractivity contribution in [3.8, 4) is 5.75 Å². The molecular weight excluding hydrogens is 279 g/mol. The average molecular weight is 290 g/mol. The number of rotatable bonds is 3. The molecule has 0 radical (unpaired) electrons. The van der Waals surface area contributed by atoms with Crippen molar-refractivity contribution in [3.63, 3.8) is 0 Å². The summed E-state index contributed by atoms with van der Waals surface area (Å²) in [4.78, 5) is 10.7. The molecule has 70 valence electrons. The second-order valence-electron chi connectivity index (χ2n) is 2.97. The van der Waals surface area contributed by atoms with Gasteiger partial charge in [-0.25, -0.2) is 0 Å². The Labute approximate surface area is 91.4 Å². The van der Waals surface area contributed by atoms with Crippen LogP contribution >= 0.6 is 22.6 Å². The van der Waals surface area contributed by atoms with E-state index in [0.717, 1.165) is 9.86 Å². The van der Waals surface area contributed by atoms with Crippen LogP contribution in [0.3, 0.4) is 0 Å². The van der Waals surface area contributed by atoms with Gasteiger partial charge < -0.3 is 4.74 Å². The summed E-state index contributed by atoms with van der Waals surface area (Å²) in [6, 6.07) is 5.56. The predicted molar refractivity (Wildman–Crippen MR) is 60.3 cm³/mol. The van der Waals surface area contributed by atoms with Crippen molar-refractivity contribution in [2.75, 3.05) is 0 Å². The molecule has 3 heteroatoms. The second-order valence-corrected chi connectivity index (χ2v) is 4.21. The Morgan fingerprint density at radius 3 is 2.69 bits per heavy atom. The van der Waals surface area contributed by atoms with Crippen molar-refractivity contribution in [2.45, 2.75) is 20.0 Å². The third kappa shape index (κ3) is 2.99. The van der Waals surface area contributed by atoms with Gasteiger partial charge in [0.05, 0.1) is 11.7 Å². The smallest absolute Gasteiger partial charge is 0.153 e.